The summed E-state index contributed by atoms with van der Waals surface area (Å²) in [5.74, 6) is 0.531. The molecule has 6 rings (SSSR count). The number of amides is 3. The van der Waals surface area contributed by atoms with Gasteiger partial charge >= 0.3 is 6.03 Å². The van der Waals surface area contributed by atoms with Gasteiger partial charge in [0.25, 0.3) is 0 Å². The summed E-state index contributed by atoms with van der Waals surface area (Å²) < 4.78 is 24.1. The lowest BCUT2D eigenvalue weighted by atomic mass is 9.80. The van der Waals surface area contributed by atoms with Crippen molar-refractivity contribution in [3.05, 3.63) is 108 Å². The molecular weight excluding hydrogens is 538 g/mol. The number of hydrogen-bond donors (Lipinski definition) is 3. The summed E-state index contributed by atoms with van der Waals surface area (Å²) in [6.45, 7) is 0.0586. The van der Waals surface area contributed by atoms with Gasteiger partial charge in [-0.25, -0.2) is 4.79 Å². The van der Waals surface area contributed by atoms with E-state index in [1.54, 1.807) is 31.4 Å². The number of nitrogens with zero attached hydrogens (tertiary/aromatic N) is 1. The molecule has 2 saturated heterocycles. The van der Waals surface area contributed by atoms with Crippen molar-refractivity contribution in [1.29, 1.82) is 0 Å². The van der Waals surface area contributed by atoms with Gasteiger partial charge in [-0.1, -0.05) is 60.7 Å². The number of carbonyl (C=O) groups is 2. The molecule has 2 fully saturated rings. The average molecular weight is 572 g/mol. The molecule has 42 heavy (non-hydrogen) atoms. The van der Waals surface area contributed by atoms with E-state index in [-0.39, 0.29) is 18.9 Å². The fourth-order valence-corrected chi connectivity index (χ4v) is 5.94. The Labute approximate surface area is 243 Å². The van der Waals surface area contributed by atoms with Crippen molar-refractivity contribution in [2.24, 2.45) is 5.92 Å². The Bertz CT molecular complexity index is 1400. The van der Waals surface area contributed by atoms with Crippen molar-refractivity contribution in [2.45, 2.75) is 36.6 Å². The van der Waals surface area contributed by atoms with Gasteiger partial charge in [-0.15, -0.1) is 0 Å². The number of urea groups is 1. The van der Waals surface area contributed by atoms with E-state index in [2.05, 4.69) is 10.6 Å². The number of aliphatic hydroxyl groups is 1. The first-order valence-corrected chi connectivity index (χ1v) is 13.8. The number of methoxy groups -OCH3 is 2. The van der Waals surface area contributed by atoms with E-state index < -0.39 is 42.2 Å². The minimum atomic E-state index is -1.06. The van der Waals surface area contributed by atoms with E-state index in [1.807, 2.05) is 78.9 Å². The largest absolute Gasteiger partial charge is 0.497 e. The highest BCUT2D eigenvalue weighted by atomic mass is 16.6. The molecule has 3 heterocycles. The van der Waals surface area contributed by atoms with Crippen molar-refractivity contribution < 1.29 is 33.6 Å². The number of carbonyl (C=O) groups excluding carboxylic acids is 2. The molecule has 3 aliphatic rings. The molecule has 0 radical (unpaired) electrons. The summed E-state index contributed by atoms with van der Waals surface area (Å²) in [7, 11) is 3.25. The lowest BCUT2D eigenvalue weighted by Gasteiger charge is -2.37. The summed E-state index contributed by atoms with van der Waals surface area (Å²) in [4.78, 5) is 26.1. The molecule has 3 aromatic carbocycles. The lowest BCUT2D eigenvalue weighted by Crippen LogP contribution is -2.62. The van der Waals surface area contributed by atoms with Gasteiger partial charge in [0.05, 0.1) is 32.8 Å². The summed E-state index contributed by atoms with van der Waals surface area (Å²) in [5.41, 5.74) is 1.57. The van der Waals surface area contributed by atoms with E-state index >= 15 is 0 Å². The number of hydrogen-bond acceptors (Lipinski definition) is 8. The maximum absolute atomic E-state index is 12.3. The van der Waals surface area contributed by atoms with Crippen LogP contribution in [0.2, 0.25) is 0 Å². The van der Waals surface area contributed by atoms with Crippen LogP contribution in [0.4, 0.5) is 4.79 Å². The third-order valence-electron chi connectivity index (χ3n) is 8.12. The predicted octanol–water partition coefficient (Wildman–Crippen LogP) is 3.10. The summed E-state index contributed by atoms with van der Waals surface area (Å²) in [6, 6.07) is 24.8. The van der Waals surface area contributed by atoms with E-state index in [1.165, 1.54) is 0 Å². The second kappa shape index (κ2) is 11.5. The molecule has 3 amide bonds. The van der Waals surface area contributed by atoms with Crippen LogP contribution in [-0.4, -0.2) is 67.4 Å². The zero-order chi connectivity index (χ0) is 29.3. The maximum Gasteiger partial charge on any atom is 0.323 e. The third-order valence-corrected chi connectivity index (χ3v) is 8.12. The maximum atomic E-state index is 12.3. The van der Waals surface area contributed by atoms with E-state index in [4.69, 9.17) is 18.9 Å². The highest BCUT2D eigenvalue weighted by molar-refractivity contribution is 5.99. The third kappa shape index (κ3) is 4.98. The minimum absolute atomic E-state index is 0.0586. The van der Waals surface area contributed by atoms with Gasteiger partial charge in [-0.05, 0) is 41.0 Å². The first-order valence-electron chi connectivity index (χ1n) is 13.8. The van der Waals surface area contributed by atoms with Crippen molar-refractivity contribution in [3.63, 3.8) is 0 Å². The molecule has 0 saturated carbocycles. The predicted molar refractivity (Wildman–Crippen MR) is 152 cm³/mol. The van der Waals surface area contributed by atoms with E-state index in [0.29, 0.717) is 11.5 Å². The van der Waals surface area contributed by atoms with Gasteiger partial charge in [0.1, 0.15) is 35.6 Å². The number of rotatable bonds is 9. The minimum Gasteiger partial charge on any atom is -0.497 e. The van der Waals surface area contributed by atoms with Crippen molar-refractivity contribution in [3.8, 4) is 11.5 Å². The second-order valence-electron chi connectivity index (χ2n) is 10.5. The van der Waals surface area contributed by atoms with Gasteiger partial charge in [-0.2, -0.15) is 0 Å². The standard InChI is InChI=1S/C32H33N3O7/c1-39-23-12-8-21(9-13-23)32(20-6-4-3-5-7-20,22-10-14-24(40-2)15-11-22)41-19-27-26(36)18-28(42-27)35-17-16-25-29(35)33-31(38)34-30(25)37/h3-17,25-29,36H,18-19H2,1-2H3,(H2,33,34,37,38)/t25?,26-,27-,28-,29?/m1/s1. The summed E-state index contributed by atoms with van der Waals surface area (Å²) >= 11 is 0. The van der Waals surface area contributed by atoms with Gasteiger partial charge in [-0.3, -0.25) is 10.1 Å². The normalized spacial score (nSPS) is 25.1. The molecule has 3 aliphatic heterocycles. The van der Waals surface area contributed by atoms with Gasteiger partial charge < -0.3 is 34.3 Å². The molecule has 10 heteroatoms. The Balaban J connectivity index is 1.31. The van der Waals surface area contributed by atoms with Crippen LogP contribution in [-0.2, 0) is 19.9 Å². The zero-order valence-electron chi connectivity index (χ0n) is 23.3. The van der Waals surface area contributed by atoms with Crippen LogP contribution in [0.1, 0.15) is 23.1 Å². The van der Waals surface area contributed by atoms with Gasteiger partial charge in [0.2, 0.25) is 5.91 Å². The molecule has 10 nitrogen and oxygen atoms in total. The highest BCUT2D eigenvalue weighted by Gasteiger charge is 2.47. The Morgan fingerprint density at radius 2 is 1.50 bits per heavy atom. The second-order valence-corrected chi connectivity index (χ2v) is 10.5. The smallest absolute Gasteiger partial charge is 0.323 e. The van der Waals surface area contributed by atoms with E-state index in [0.717, 1.165) is 16.7 Å². The van der Waals surface area contributed by atoms with Gasteiger partial charge in [0, 0.05) is 12.6 Å². The summed E-state index contributed by atoms with van der Waals surface area (Å²) in [6.07, 6.45) is 1.11. The average Bonchev–Trinajstić information content (AvgIpc) is 3.61. The first kappa shape index (κ1) is 27.8. The monoisotopic (exact) mass is 571 g/mol. The first-order chi connectivity index (χ1) is 20.4. The van der Waals surface area contributed by atoms with Crippen molar-refractivity contribution in [1.82, 2.24) is 15.5 Å². The van der Waals surface area contributed by atoms with Crippen LogP contribution in [0.25, 0.3) is 0 Å². The number of imide groups is 1. The molecule has 0 aliphatic carbocycles. The fraction of sp³-hybridized carbons (Fsp3) is 0.312. The Morgan fingerprint density at radius 3 is 2.10 bits per heavy atom. The van der Waals surface area contributed by atoms with Crippen LogP contribution < -0.4 is 20.1 Å². The van der Waals surface area contributed by atoms with E-state index in [9.17, 15) is 14.7 Å². The number of ether oxygens (including phenoxy) is 4. The SMILES string of the molecule is COc1ccc(C(OC[C@H]2O[C@@H](N3C=CC4C(=O)NC(=O)NC43)C[C@H]2O)(c2ccccc2)c2ccc(OC)cc2)cc1. The Morgan fingerprint density at radius 1 is 0.905 bits per heavy atom. The number of benzene rings is 3. The zero-order valence-corrected chi connectivity index (χ0v) is 23.3. The molecule has 3 aromatic rings. The highest BCUT2D eigenvalue weighted by Crippen LogP contribution is 2.42. The number of fused-ring (bicyclic) bond motifs is 1. The van der Waals surface area contributed by atoms with Crippen molar-refractivity contribution >= 4 is 11.9 Å². The Hall–Kier alpha value is -4.38. The topological polar surface area (TPSA) is 119 Å². The number of aliphatic hydroxyl groups excluding tert-OH is 1. The molecule has 2 unspecified atom stereocenters. The molecule has 0 spiro atoms. The van der Waals surface area contributed by atoms with Crippen LogP contribution in [0, 0.1) is 5.92 Å². The molecule has 3 N–H and O–H groups in total. The molecule has 0 aromatic heterocycles. The van der Waals surface area contributed by atoms with Crippen LogP contribution in [0.5, 0.6) is 11.5 Å². The summed E-state index contributed by atoms with van der Waals surface area (Å²) in [5, 5.41) is 16.2. The molecule has 0 bridgehead atoms. The quantitative estimate of drug-likeness (QED) is 0.336. The molecule has 218 valence electrons. The lowest BCUT2D eigenvalue weighted by molar-refractivity contribution is -0.129. The Kier molecular flexibility index (Phi) is 7.59. The number of nitrogens with one attached hydrogen (secondary N) is 2. The molecular formula is C32H33N3O7. The van der Waals surface area contributed by atoms with Crippen LogP contribution >= 0.6 is 0 Å². The molecule has 5 atom stereocenters. The van der Waals surface area contributed by atoms with Crippen LogP contribution in [0.15, 0.2) is 91.1 Å². The van der Waals surface area contributed by atoms with Crippen LogP contribution in [0.3, 0.4) is 0 Å². The fourth-order valence-electron chi connectivity index (χ4n) is 5.94. The van der Waals surface area contributed by atoms with Gasteiger partial charge in [0.15, 0.2) is 0 Å². The van der Waals surface area contributed by atoms with Crippen molar-refractivity contribution in [2.75, 3.05) is 20.8 Å².